The van der Waals surface area contributed by atoms with Crippen LogP contribution in [0, 0.1) is 0 Å². The fourth-order valence-corrected chi connectivity index (χ4v) is 1.53. The molecule has 2 N–H and O–H groups in total. The average Bonchev–Trinajstić information content (AvgIpc) is 2.70. The molecule has 0 saturated carbocycles. The summed E-state index contributed by atoms with van der Waals surface area (Å²) in [5, 5.41) is 9.17. The molecule has 0 aliphatic rings. The summed E-state index contributed by atoms with van der Waals surface area (Å²) in [4.78, 5) is 15.5. The van der Waals surface area contributed by atoms with Gasteiger partial charge in [0.2, 0.25) is 0 Å². The third-order valence-corrected chi connectivity index (χ3v) is 2.31. The summed E-state index contributed by atoms with van der Waals surface area (Å²) >= 11 is 11.4. The van der Waals surface area contributed by atoms with Crippen LogP contribution < -0.4 is 5.32 Å². The van der Waals surface area contributed by atoms with Crippen LogP contribution in [0.5, 0.6) is 0 Å². The second-order valence-corrected chi connectivity index (χ2v) is 3.64. The molecule has 82 valence electrons. The lowest BCUT2D eigenvalue weighted by atomic mass is 10.2. The molecule has 0 unspecified atom stereocenters. The van der Waals surface area contributed by atoms with Gasteiger partial charge in [-0.05, 0) is 12.1 Å². The van der Waals surface area contributed by atoms with Crippen molar-refractivity contribution >= 4 is 34.9 Å². The molecule has 1 amide bonds. The largest absolute Gasteiger partial charge is 0.307 e. The summed E-state index contributed by atoms with van der Waals surface area (Å²) < 4.78 is 0. The third-order valence-electron chi connectivity index (χ3n) is 1.81. The molecule has 0 radical (unpaired) electrons. The van der Waals surface area contributed by atoms with Crippen LogP contribution in [0.1, 0.15) is 10.4 Å². The van der Waals surface area contributed by atoms with Gasteiger partial charge in [-0.3, -0.25) is 9.89 Å². The molecule has 2 rings (SSSR count). The Labute approximate surface area is 101 Å². The van der Waals surface area contributed by atoms with E-state index in [-0.39, 0.29) is 21.8 Å². The van der Waals surface area contributed by atoms with Crippen molar-refractivity contribution in [3.05, 3.63) is 40.3 Å². The van der Waals surface area contributed by atoms with Gasteiger partial charge < -0.3 is 5.32 Å². The minimum atomic E-state index is -0.376. The molecule has 2 aromatic heterocycles. The molecule has 0 spiro atoms. The maximum atomic E-state index is 11.7. The Morgan fingerprint density at radius 3 is 2.75 bits per heavy atom. The van der Waals surface area contributed by atoms with E-state index in [0.717, 1.165) is 0 Å². The summed E-state index contributed by atoms with van der Waals surface area (Å²) in [5.41, 5.74) is 0.251. The van der Waals surface area contributed by atoms with E-state index in [4.69, 9.17) is 23.2 Å². The van der Waals surface area contributed by atoms with Gasteiger partial charge in [-0.1, -0.05) is 23.2 Å². The van der Waals surface area contributed by atoms with E-state index in [0.29, 0.717) is 5.82 Å². The molecule has 0 aliphatic heterocycles. The van der Waals surface area contributed by atoms with Crippen molar-refractivity contribution in [2.45, 2.75) is 0 Å². The highest BCUT2D eigenvalue weighted by Crippen LogP contribution is 2.17. The number of nitrogens with zero attached hydrogens (tertiary/aromatic N) is 2. The van der Waals surface area contributed by atoms with Crippen LogP contribution in [0.15, 0.2) is 24.4 Å². The highest BCUT2D eigenvalue weighted by atomic mass is 35.5. The first-order valence-corrected chi connectivity index (χ1v) is 5.05. The Kier molecular flexibility index (Phi) is 3.07. The van der Waals surface area contributed by atoms with Crippen molar-refractivity contribution < 1.29 is 4.79 Å². The second-order valence-electron chi connectivity index (χ2n) is 2.90. The topological polar surface area (TPSA) is 70.7 Å². The number of hydrogen-bond acceptors (Lipinski definition) is 3. The van der Waals surface area contributed by atoms with Crippen LogP contribution in [0.4, 0.5) is 5.82 Å². The van der Waals surface area contributed by atoms with Crippen molar-refractivity contribution in [2.75, 3.05) is 5.32 Å². The van der Waals surface area contributed by atoms with Crippen molar-refractivity contribution in [1.29, 1.82) is 0 Å². The fraction of sp³-hybridized carbons (Fsp3) is 0. The van der Waals surface area contributed by atoms with Gasteiger partial charge in [-0.25, -0.2) is 4.98 Å². The molecule has 16 heavy (non-hydrogen) atoms. The van der Waals surface area contributed by atoms with E-state index in [1.165, 1.54) is 18.3 Å². The molecular formula is C9H6Cl2N4O. The van der Waals surface area contributed by atoms with Crippen LogP contribution in [-0.4, -0.2) is 21.1 Å². The predicted molar refractivity (Wildman–Crippen MR) is 60.8 cm³/mol. The normalized spacial score (nSPS) is 10.1. The number of aromatic amines is 1. The lowest BCUT2D eigenvalue weighted by molar-refractivity contribution is 0.102. The molecule has 5 nitrogen and oxygen atoms in total. The summed E-state index contributed by atoms with van der Waals surface area (Å²) in [6.45, 7) is 0. The Morgan fingerprint density at radius 1 is 1.31 bits per heavy atom. The van der Waals surface area contributed by atoms with Gasteiger partial charge in [-0.15, -0.1) is 0 Å². The highest BCUT2D eigenvalue weighted by Gasteiger charge is 2.12. The molecular weight excluding hydrogens is 251 g/mol. The summed E-state index contributed by atoms with van der Waals surface area (Å²) in [5.74, 6) is 0.106. The Morgan fingerprint density at radius 2 is 2.12 bits per heavy atom. The minimum Gasteiger partial charge on any atom is -0.307 e. The number of halogens is 2. The first kappa shape index (κ1) is 10.9. The van der Waals surface area contributed by atoms with Crippen LogP contribution >= 0.6 is 23.2 Å². The Hall–Kier alpha value is -1.59. The zero-order valence-electron chi connectivity index (χ0n) is 7.87. The number of pyridine rings is 1. The average molecular weight is 257 g/mol. The first-order chi connectivity index (χ1) is 7.66. The number of amides is 1. The minimum absolute atomic E-state index is 0.0597. The molecule has 0 aliphatic carbocycles. The molecule has 0 bridgehead atoms. The molecule has 7 heteroatoms. The molecule has 0 fully saturated rings. The van der Waals surface area contributed by atoms with Crippen LogP contribution in [-0.2, 0) is 0 Å². The van der Waals surface area contributed by atoms with Gasteiger partial charge >= 0.3 is 0 Å². The third kappa shape index (κ3) is 2.32. The van der Waals surface area contributed by atoms with Gasteiger partial charge in [0, 0.05) is 6.07 Å². The van der Waals surface area contributed by atoms with Gasteiger partial charge in [0.15, 0.2) is 0 Å². The van der Waals surface area contributed by atoms with Crippen molar-refractivity contribution in [1.82, 2.24) is 15.2 Å². The Bertz CT molecular complexity index is 512. The summed E-state index contributed by atoms with van der Waals surface area (Å²) in [7, 11) is 0. The lowest BCUT2D eigenvalue weighted by Gasteiger charge is -2.03. The number of H-pyrrole nitrogens is 1. The Balaban J connectivity index is 2.21. The van der Waals surface area contributed by atoms with Crippen molar-refractivity contribution in [3.8, 4) is 0 Å². The molecule has 2 heterocycles. The monoisotopic (exact) mass is 256 g/mol. The van der Waals surface area contributed by atoms with E-state index in [1.54, 1.807) is 6.07 Å². The number of carbonyl (C=O) groups is 1. The highest BCUT2D eigenvalue weighted by molar-refractivity contribution is 6.35. The van der Waals surface area contributed by atoms with E-state index >= 15 is 0 Å². The van der Waals surface area contributed by atoms with E-state index in [9.17, 15) is 4.79 Å². The van der Waals surface area contributed by atoms with Crippen molar-refractivity contribution in [2.24, 2.45) is 0 Å². The van der Waals surface area contributed by atoms with Crippen molar-refractivity contribution in [3.63, 3.8) is 0 Å². The zero-order chi connectivity index (χ0) is 11.5. The van der Waals surface area contributed by atoms with E-state index < -0.39 is 0 Å². The standard InChI is InChI=1S/C9H6Cl2N4O/c10-6-2-1-5(8(11)13-6)9(16)14-7-3-4-12-15-7/h1-4H,(H2,12,14,15,16). The second kappa shape index (κ2) is 4.51. The van der Waals surface area contributed by atoms with Gasteiger partial charge in [0.05, 0.1) is 11.8 Å². The number of rotatable bonds is 2. The number of hydrogen-bond donors (Lipinski definition) is 2. The number of anilines is 1. The van der Waals surface area contributed by atoms with Crippen LogP contribution in [0.3, 0.4) is 0 Å². The summed E-state index contributed by atoms with van der Waals surface area (Å²) in [6, 6.07) is 4.62. The zero-order valence-corrected chi connectivity index (χ0v) is 9.38. The number of nitrogens with one attached hydrogen (secondary N) is 2. The van der Waals surface area contributed by atoms with Crippen LogP contribution in [0.25, 0.3) is 0 Å². The maximum absolute atomic E-state index is 11.7. The molecule has 2 aromatic rings. The first-order valence-electron chi connectivity index (χ1n) is 4.29. The maximum Gasteiger partial charge on any atom is 0.259 e. The number of carbonyl (C=O) groups excluding carboxylic acids is 1. The van der Waals surface area contributed by atoms with Crippen LogP contribution in [0.2, 0.25) is 10.3 Å². The molecule has 0 aromatic carbocycles. The molecule has 0 saturated heterocycles. The summed E-state index contributed by atoms with van der Waals surface area (Å²) in [6.07, 6.45) is 1.53. The SMILES string of the molecule is O=C(Nc1ccn[nH]1)c1ccc(Cl)nc1Cl. The van der Waals surface area contributed by atoms with Gasteiger partial charge in [-0.2, -0.15) is 5.10 Å². The van der Waals surface area contributed by atoms with Gasteiger partial charge in [0.1, 0.15) is 16.1 Å². The number of aromatic nitrogens is 3. The van der Waals surface area contributed by atoms with Gasteiger partial charge in [0.25, 0.3) is 5.91 Å². The smallest absolute Gasteiger partial charge is 0.259 e. The lowest BCUT2D eigenvalue weighted by Crippen LogP contribution is -2.13. The molecule has 0 atom stereocenters. The quantitative estimate of drug-likeness (QED) is 0.811. The van der Waals surface area contributed by atoms with E-state index in [1.807, 2.05) is 0 Å². The predicted octanol–water partition coefficient (Wildman–Crippen LogP) is 2.36. The van der Waals surface area contributed by atoms with E-state index in [2.05, 4.69) is 20.5 Å². The fourth-order valence-electron chi connectivity index (χ4n) is 1.10.